The van der Waals surface area contributed by atoms with E-state index < -0.39 is 0 Å². The summed E-state index contributed by atoms with van der Waals surface area (Å²) in [5.74, 6) is 0.0816. The van der Waals surface area contributed by atoms with Crippen molar-refractivity contribution in [2.24, 2.45) is 11.7 Å². The summed E-state index contributed by atoms with van der Waals surface area (Å²) in [6.45, 7) is 0. The minimum Gasteiger partial charge on any atom is -0.345 e. The third kappa shape index (κ3) is 4.16. The summed E-state index contributed by atoms with van der Waals surface area (Å²) >= 11 is 6.15. The smallest absolute Gasteiger partial charge is 0.223 e. The SMILES string of the molecule is NC1CCCC(C(=O)NC(c2ccccc2)c2cccc(Cl)c2)C1. The molecule has 3 nitrogen and oxygen atoms in total. The highest BCUT2D eigenvalue weighted by atomic mass is 35.5. The highest BCUT2D eigenvalue weighted by Gasteiger charge is 2.27. The number of halogens is 1. The van der Waals surface area contributed by atoms with E-state index in [4.69, 9.17) is 17.3 Å². The van der Waals surface area contributed by atoms with Gasteiger partial charge in [0, 0.05) is 17.0 Å². The van der Waals surface area contributed by atoms with Crippen molar-refractivity contribution in [2.75, 3.05) is 0 Å². The Balaban J connectivity index is 1.84. The van der Waals surface area contributed by atoms with E-state index in [0.29, 0.717) is 5.02 Å². The Bertz CT molecular complexity index is 689. The van der Waals surface area contributed by atoms with Crippen molar-refractivity contribution in [1.82, 2.24) is 5.32 Å². The van der Waals surface area contributed by atoms with E-state index in [2.05, 4.69) is 5.32 Å². The molecule has 1 fully saturated rings. The van der Waals surface area contributed by atoms with Gasteiger partial charge in [-0.3, -0.25) is 4.79 Å². The fourth-order valence-corrected chi connectivity index (χ4v) is 3.62. The monoisotopic (exact) mass is 342 g/mol. The summed E-state index contributed by atoms with van der Waals surface area (Å²) in [4.78, 5) is 12.8. The molecule has 0 aliphatic heterocycles. The Hall–Kier alpha value is -1.84. The fraction of sp³-hybridized carbons (Fsp3) is 0.350. The van der Waals surface area contributed by atoms with Gasteiger partial charge in [-0.1, -0.05) is 60.5 Å². The first-order valence-corrected chi connectivity index (χ1v) is 8.87. The lowest BCUT2D eigenvalue weighted by Crippen LogP contribution is -2.39. The molecule has 126 valence electrons. The number of rotatable bonds is 4. The maximum absolute atomic E-state index is 12.8. The molecule has 0 spiro atoms. The summed E-state index contributed by atoms with van der Waals surface area (Å²) in [5.41, 5.74) is 8.08. The van der Waals surface area contributed by atoms with E-state index >= 15 is 0 Å². The first-order valence-electron chi connectivity index (χ1n) is 8.50. The lowest BCUT2D eigenvalue weighted by atomic mass is 9.85. The van der Waals surface area contributed by atoms with Gasteiger partial charge >= 0.3 is 0 Å². The third-order valence-electron chi connectivity index (χ3n) is 4.69. The quantitative estimate of drug-likeness (QED) is 0.880. The van der Waals surface area contributed by atoms with Crippen LogP contribution in [0.1, 0.15) is 42.9 Å². The Morgan fingerprint density at radius 2 is 1.83 bits per heavy atom. The Morgan fingerprint density at radius 1 is 1.08 bits per heavy atom. The molecule has 1 aliphatic rings. The van der Waals surface area contributed by atoms with Crippen molar-refractivity contribution >= 4 is 17.5 Å². The molecule has 1 aliphatic carbocycles. The van der Waals surface area contributed by atoms with Gasteiger partial charge in [-0.15, -0.1) is 0 Å². The van der Waals surface area contributed by atoms with Crippen molar-refractivity contribution in [3.63, 3.8) is 0 Å². The van der Waals surface area contributed by atoms with Crippen LogP contribution >= 0.6 is 11.6 Å². The van der Waals surface area contributed by atoms with Crippen LogP contribution in [0.2, 0.25) is 5.02 Å². The average Bonchev–Trinajstić information content (AvgIpc) is 2.60. The van der Waals surface area contributed by atoms with Crippen LogP contribution in [0.5, 0.6) is 0 Å². The highest BCUT2D eigenvalue weighted by Crippen LogP contribution is 2.28. The second kappa shape index (κ2) is 7.82. The second-order valence-electron chi connectivity index (χ2n) is 6.53. The van der Waals surface area contributed by atoms with Crippen LogP contribution in [-0.4, -0.2) is 11.9 Å². The zero-order valence-electron chi connectivity index (χ0n) is 13.6. The molecule has 4 heteroatoms. The van der Waals surface area contributed by atoms with Crippen molar-refractivity contribution in [3.05, 3.63) is 70.7 Å². The number of carbonyl (C=O) groups is 1. The number of hydrogen-bond donors (Lipinski definition) is 2. The fourth-order valence-electron chi connectivity index (χ4n) is 3.42. The lowest BCUT2D eigenvalue weighted by molar-refractivity contribution is -0.126. The summed E-state index contributed by atoms with van der Waals surface area (Å²) in [6, 6.07) is 17.6. The van der Waals surface area contributed by atoms with Crippen LogP contribution in [0.25, 0.3) is 0 Å². The minimum atomic E-state index is -0.199. The number of amides is 1. The molecule has 1 amide bonds. The second-order valence-corrected chi connectivity index (χ2v) is 6.97. The number of hydrogen-bond acceptors (Lipinski definition) is 2. The molecule has 0 radical (unpaired) electrons. The van der Waals surface area contributed by atoms with Gasteiger partial charge in [0.25, 0.3) is 0 Å². The van der Waals surface area contributed by atoms with Gasteiger partial charge in [0.15, 0.2) is 0 Å². The Morgan fingerprint density at radius 3 is 2.54 bits per heavy atom. The largest absolute Gasteiger partial charge is 0.345 e. The van der Waals surface area contributed by atoms with E-state index in [1.807, 2.05) is 54.6 Å². The van der Waals surface area contributed by atoms with E-state index in [-0.39, 0.29) is 23.9 Å². The molecule has 24 heavy (non-hydrogen) atoms. The molecule has 0 bridgehead atoms. The molecule has 0 saturated heterocycles. The molecule has 2 aromatic rings. The van der Waals surface area contributed by atoms with Gasteiger partial charge in [0.05, 0.1) is 6.04 Å². The van der Waals surface area contributed by atoms with Crippen LogP contribution in [0.3, 0.4) is 0 Å². The maximum atomic E-state index is 12.8. The first kappa shape index (κ1) is 17.0. The Kier molecular flexibility index (Phi) is 5.54. The van der Waals surface area contributed by atoms with E-state index in [0.717, 1.165) is 36.8 Å². The normalized spacial score (nSPS) is 21.9. The molecular formula is C20H23ClN2O. The van der Waals surface area contributed by atoms with Crippen molar-refractivity contribution < 1.29 is 4.79 Å². The van der Waals surface area contributed by atoms with Crippen LogP contribution in [0.15, 0.2) is 54.6 Å². The molecule has 0 heterocycles. The number of benzene rings is 2. The number of nitrogens with one attached hydrogen (secondary N) is 1. The van der Waals surface area contributed by atoms with Crippen LogP contribution in [0, 0.1) is 5.92 Å². The summed E-state index contributed by atoms with van der Waals surface area (Å²) in [5, 5.41) is 3.88. The standard InChI is InChI=1S/C20H23ClN2O/c21-17-10-4-8-15(12-17)19(14-6-2-1-3-7-14)23-20(24)16-9-5-11-18(22)13-16/h1-4,6-8,10,12,16,18-19H,5,9,11,13,22H2,(H,23,24). The maximum Gasteiger partial charge on any atom is 0.223 e. The number of nitrogens with two attached hydrogens (primary N) is 1. The van der Waals surface area contributed by atoms with Crippen molar-refractivity contribution in [3.8, 4) is 0 Å². The lowest BCUT2D eigenvalue weighted by Gasteiger charge is -2.28. The molecule has 3 N–H and O–H groups in total. The van der Waals surface area contributed by atoms with E-state index in [1.54, 1.807) is 0 Å². The zero-order valence-corrected chi connectivity index (χ0v) is 14.4. The molecule has 0 aromatic heterocycles. The predicted molar refractivity (Wildman–Crippen MR) is 97.8 cm³/mol. The first-order chi connectivity index (χ1) is 11.6. The van der Waals surface area contributed by atoms with Gasteiger partial charge in [0.2, 0.25) is 5.91 Å². The highest BCUT2D eigenvalue weighted by molar-refractivity contribution is 6.30. The van der Waals surface area contributed by atoms with Crippen molar-refractivity contribution in [2.45, 2.75) is 37.8 Å². The van der Waals surface area contributed by atoms with Gasteiger partial charge in [-0.05, 0) is 42.5 Å². The van der Waals surface area contributed by atoms with Crippen LogP contribution in [-0.2, 0) is 4.79 Å². The van der Waals surface area contributed by atoms with Crippen LogP contribution in [0.4, 0.5) is 0 Å². The van der Waals surface area contributed by atoms with E-state index in [1.165, 1.54) is 0 Å². The zero-order chi connectivity index (χ0) is 16.9. The molecule has 2 aromatic carbocycles. The van der Waals surface area contributed by atoms with E-state index in [9.17, 15) is 4.79 Å². The topological polar surface area (TPSA) is 55.1 Å². The molecule has 1 saturated carbocycles. The van der Waals surface area contributed by atoms with Gasteiger partial charge in [-0.25, -0.2) is 0 Å². The van der Waals surface area contributed by atoms with Gasteiger partial charge in [-0.2, -0.15) is 0 Å². The average molecular weight is 343 g/mol. The van der Waals surface area contributed by atoms with Gasteiger partial charge < -0.3 is 11.1 Å². The van der Waals surface area contributed by atoms with Crippen LogP contribution < -0.4 is 11.1 Å². The van der Waals surface area contributed by atoms with Crippen molar-refractivity contribution in [1.29, 1.82) is 0 Å². The molecule has 3 atom stereocenters. The predicted octanol–water partition coefficient (Wildman–Crippen LogP) is 4.06. The summed E-state index contributed by atoms with van der Waals surface area (Å²) < 4.78 is 0. The number of carbonyl (C=O) groups excluding carboxylic acids is 1. The Labute approximate surface area is 148 Å². The molecular weight excluding hydrogens is 320 g/mol. The minimum absolute atomic E-state index is 0.000790. The van der Waals surface area contributed by atoms with Gasteiger partial charge in [0.1, 0.15) is 0 Å². The third-order valence-corrected chi connectivity index (χ3v) is 4.92. The molecule has 3 rings (SSSR count). The summed E-state index contributed by atoms with van der Waals surface area (Å²) in [7, 11) is 0. The molecule has 3 unspecified atom stereocenters. The summed E-state index contributed by atoms with van der Waals surface area (Å²) in [6.07, 6.45) is 3.71.